The summed E-state index contributed by atoms with van der Waals surface area (Å²) in [5.41, 5.74) is 5.40. The van der Waals surface area contributed by atoms with Gasteiger partial charge in [0.05, 0.1) is 5.54 Å². The molecule has 0 bridgehead atoms. The number of aliphatic carboxylic acids is 1. The third kappa shape index (κ3) is 3.04. The summed E-state index contributed by atoms with van der Waals surface area (Å²) in [7, 11) is 2.08. The first-order chi connectivity index (χ1) is 9.44. The molecule has 2 atom stereocenters. The molecule has 1 unspecified atom stereocenters. The molecule has 7 nitrogen and oxygen atoms in total. The van der Waals surface area contributed by atoms with Gasteiger partial charge in [0.15, 0.2) is 0 Å². The number of likely N-dealkylation sites (tertiary alicyclic amines) is 2. The van der Waals surface area contributed by atoms with Crippen molar-refractivity contribution >= 4 is 12.0 Å². The fraction of sp³-hybridized carbons (Fsp3) is 0.846. The van der Waals surface area contributed by atoms with Crippen LogP contribution in [0, 0.1) is 0 Å². The molecular formula is C13H24N4O3. The molecule has 2 fully saturated rings. The highest BCUT2D eigenvalue weighted by atomic mass is 16.4. The second-order valence-electron chi connectivity index (χ2n) is 5.93. The van der Waals surface area contributed by atoms with Crippen LogP contribution in [0.4, 0.5) is 4.79 Å². The van der Waals surface area contributed by atoms with E-state index in [4.69, 9.17) is 10.8 Å². The Kier molecular flexibility index (Phi) is 4.49. The van der Waals surface area contributed by atoms with Crippen LogP contribution in [-0.4, -0.2) is 71.7 Å². The third-order valence-corrected chi connectivity index (χ3v) is 4.41. The number of amides is 2. The number of nitrogens with zero attached hydrogens (tertiary/aromatic N) is 2. The summed E-state index contributed by atoms with van der Waals surface area (Å²) in [6.45, 7) is 3.03. The highest BCUT2D eigenvalue weighted by Gasteiger charge is 2.47. The van der Waals surface area contributed by atoms with Gasteiger partial charge in [0.2, 0.25) is 0 Å². The van der Waals surface area contributed by atoms with Gasteiger partial charge in [-0.05, 0) is 32.7 Å². The summed E-state index contributed by atoms with van der Waals surface area (Å²) in [4.78, 5) is 27.1. The lowest BCUT2D eigenvalue weighted by atomic mass is 9.95. The van der Waals surface area contributed by atoms with Crippen LogP contribution in [0.15, 0.2) is 0 Å². The first kappa shape index (κ1) is 15.1. The minimum Gasteiger partial charge on any atom is -0.480 e. The van der Waals surface area contributed by atoms with Gasteiger partial charge in [-0.2, -0.15) is 0 Å². The van der Waals surface area contributed by atoms with Crippen LogP contribution in [0.25, 0.3) is 0 Å². The molecule has 20 heavy (non-hydrogen) atoms. The molecule has 114 valence electrons. The van der Waals surface area contributed by atoms with E-state index >= 15 is 0 Å². The van der Waals surface area contributed by atoms with Gasteiger partial charge in [-0.1, -0.05) is 0 Å². The van der Waals surface area contributed by atoms with Crippen molar-refractivity contribution in [1.29, 1.82) is 0 Å². The predicted octanol–water partition coefficient (Wildman–Crippen LogP) is -0.332. The normalized spacial score (nSPS) is 28.0. The first-order valence-electron chi connectivity index (χ1n) is 7.17. The Morgan fingerprint density at radius 1 is 1.40 bits per heavy atom. The summed E-state index contributed by atoms with van der Waals surface area (Å²) < 4.78 is 0. The van der Waals surface area contributed by atoms with E-state index in [1.165, 1.54) is 0 Å². The molecule has 4 N–H and O–H groups in total. The lowest BCUT2D eigenvalue weighted by Gasteiger charge is -2.35. The SMILES string of the molecule is CN1CCC2(CCCN2C(=O)NCC[C@H](N)C(=O)O)C1. The van der Waals surface area contributed by atoms with Crippen LogP contribution in [0.2, 0.25) is 0 Å². The topological polar surface area (TPSA) is 98.9 Å². The van der Waals surface area contributed by atoms with E-state index in [0.29, 0.717) is 6.54 Å². The average Bonchev–Trinajstić information content (AvgIpc) is 2.96. The van der Waals surface area contributed by atoms with Crippen LogP contribution in [0.3, 0.4) is 0 Å². The number of carbonyl (C=O) groups excluding carboxylic acids is 1. The van der Waals surface area contributed by atoms with E-state index < -0.39 is 12.0 Å². The maximum atomic E-state index is 12.3. The van der Waals surface area contributed by atoms with E-state index in [-0.39, 0.29) is 18.0 Å². The van der Waals surface area contributed by atoms with Gasteiger partial charge in [0.25, 0.3) is 0 Å². The minimum absolute atomic E-state index is 0.0201. The number of hydrogen-bond donors (Lipinski definition) is 3. The highest BCUT2D eigenvalue weighted by molar-refractivity contribution is 5.76. The Labute approximate surface area is 119 Å². The molecular weight excluding hydrogens is 260 g/mol. The second-order valence-corrected chi connectivity index (χ2v) is 5.93. The number of urea groups is 1. The molecule has 1 spiro atoms. The van der Waals surface area contributed by atoms with Gasteiger partial charge < -0.3 is 26.0 Å². The summed E-state index contributed by atoms with van der Waals surface area (Å²) in [6, 6.07) is -1.00. The zero-order chi connectivity index (χ0) is 14.8. The summed E-state index contributed by atoms with van der Waals surface area (Å²) in [5, 5.41) is 11.5. The van der Waals surface area contributed by atoms with Gasteiger partial charge >= 0.3 is 12.0 Å². The largest absolute Gasteiger partial charge is 0.480 e. The van der Waals surface area contributed by atoms with Crippen molar-refractivity contribution in [2.75, 3.05) is 33.2 Å². The molecule has 0 aliphatic carbocycles. The molecule has 2 heterocycles. The fourth-order valence-electron chi connectivity index (χ4n) is 3.29. The van der Waals surface area contributed by atoms with E-state index in [2.05, 4.69) is 17.3 Å². The number of carbonyl (C=O) groups is 2. The number of rotatable bonds is 4. The highest BCUT2D eigenvalue weighted by Crippen LogP contribution is 2.36. The van der Waals surface area contributed by atoms with Crippen molar-refractivity contribution in [2.24, 2.45) is 5.73 Å². The first-order valence-corrected chi connectivity index (χ1v) is 7.17. The molecule has 2 amide bonds. The molecule has 2 aliphatic rings. The average molecular weight is 284 g/mol. The smallest absolute Gasteiger partial charge is 0.320 e. The van der Waals surface area contributed by atoms with Crippen LogP contribution < -0.4 is 11.1 Å². The minimum atomic E-state index is -1.03. The monoisotopic (exact) mass is 284 g/mol. The quantitative estimate of drug-likeness (QED) is 0.656. The molecule has 0 aromatic rings. The molecule has 0 radical (unpaired) electrons. The molecule has 0 saturated carbocycles. The van der Waals surface area contributed by atoms with E-state index in [1.807, 2.05) is 4.90 Å². The van der Waals surface area contributed by atoms with Gasteiger partial charge in [-0.3, -0.25) is 4.79 Å². The summed E-state index contributed by atoms with van der Waals surface area (Å²) >= 11 is 0. The maximum Gasteiger partial charge on any atom is 0.320 e. The van der Waals surface area contributed by atoms with Crippen molar-refractivity contribution in [3.05, 3.63) is 0 Å². The van der Waals surface area contributed by atoms with Crippen LogP contribution >= 0.6 is 0 Å². The maximum absolute atomic E-state index is 12.3. The molecule has 0 aromatic carbocycles. The van der Waals surface area contributed by atoms with Crippen LogP contribution in [0.5, 0.6) is 0 Å². The number of carboxylic acids is 1. The zero-order valence-electron chi connectivity index (χ0n) is 12.0. The van der Waals surface area contributed by atoms with Crippen molar-refractivity contribution in [2.45, 2.75) is 37.3 Å². The molecule has 2 saturated heterocycles. The van der Waals surface area contributed by atoms with Gasteiger partial charge in [0.1, 0.15) is 6.04 Å². The second kappa shape index (κ2) is 5.97. The lowest BCUT2D eigenvalue weighted by molar-refractivity contribution is -0.138. The van der Waals surface area contributed by atoms with Crippen LogP contribution in [0.1, 0.15) is 25.7 Å². The Bertz CT molecular complexity index is 390. The zero-order valence-corrected chi connectivity index (χ0v) is 12.0. The Balaban J connectivity index is 1.84. The van der Waals surface area contributed by atoms with E-state index in [1.54, 1.807) is 0 Å². The van der Waals surface area contributed by atoms with Gasteiger partial charge in [-0.25, -0.2) is 4.79 Å². The lowest BCUT2D eigenvalue weighted by Crippen LogP contribution is -2.53. The summed E-state index contributed by atoms with van der Waals surface area (Å²) in [5.74, 6) is -1.03. The number of nitrogens with one attached hydrogen (secondary N) is 1. The standard InChI is InChI=1S/C13H24N4O3/c1-16-8-5-13(9-16)4-2-7-17(13)12(20)15-6-3-10(14)11(18)19/h10H,2-9,14H2,1H3,(H,15,20)(H,18,19)/t10-,13?/m0/s1. The van der Waals surface area contributed by atoms with Gasteiger partial charge in [0, 0.05) is 26.2 Å². The number of likely N-dealkylation sites (N-methyl/N-ethyl adjacent to an activating group) is 1. The van der Waals surface area contributed by atoms with Crippen molar-refractivity contribution in [3.8, 4) is 0 Å². The molecule has 7 heteroatoms. The van der Waals surface area contributed by atoms with Gasteiger partial charge in [-0.15, -0.1) is 0 Å². The third-order valence-electron chi connectivity index (χ3n) is 4.41. The predicted molar refractivity (Wildman–Crippen MR) is 74.4 cm³/mol. The molecule has 2 aliphatic heterocycles. The molecule has 0 aromatic heterocycles. The van der Waals surface area contributed by atoms with Crippen molar-refractivity contribution in [3.63, 3.8) is 0 Å². The Hall–Kier alpha value is -1.34. The Morgan fingerprint density at radius 2 is 2.15 bits per heavy atom. The van der Waals surface area contributed by atoms with E-state index in [0.717, 1.165) is 38.9 Å². The molecule has 2 rings (SSSR count). The Morgan fingerprint density at radius 3 is 2.75 bits per heavy atom. The summed E-state index contributed by atoms with van der Waals surface area (Å²) in [6.07, 6.45) is 3.36. The number of carboxylic acid groups (broad SMARTS) is 1. The number of hydrogen-bond acceptors (Lipinski definition) is 4. The number of nitrogens with two attached hydrogens (primary N) is 1. The van der Waals surface area contributed by atoms with Crippen molar-refractivity contribution in [1.82, 2.24) is 15.1 Å². The fourth-order valence-corrected chi connectivity index (χ4v) is 3.29. The van der Waals surface area contributed by atoms with Crippen LogP contribution in [-0.2, 0) is 4.79 Å². The van der Waals surface area contributed by atoms with Crippen molar-refractivity contribution < 1.29 is 14.7 Å². The van der Waals surface area contributed by atoms with E-state index in [9.17, 15) is 9.59 Å².